The molecule has 9 heteroatoms. The number of carboxylic acids is 1. The van der Waals surface area contributed by atoms with E-state index in [1.807, 2.05) is 0 Å². The molecule has 1 atom stereocenters. The summed E-state index contributed by atoms with van der Waals surface area (Å²) >= 11 is 3.62. The number of halogens is 4. The fourth-order valence-electron chi connectivity index (χ4n) is 2.89. The summed E-state index contributed by atoms with van der Waals surface area (Å²) in [6, 6.07) is 10.6. The van der Waals surface area contributed by atoms with Crippen LogP contribution in [0.15, 0.2) is 39.8 Å². The van der Waals surface area contributed by atoms with Crippen LogP contribution in [0.5, 0.6) is 0 Å². The molecule has 2 aromatic rings. The summed E-state index contributed by atoms with van der Waals surface area (Å²) in [6.45, 7) is 3.13. The largest absolute Gasteiger partial charge is 0.490 e. The van der Waals surface area contributed by atoms with Crippen LogP contribution in [0, 0.1) is 0 Å². The minimum atomic E-state index is -5.08. The molecule has 0 fully saturated rings. The number of carbonyl (C=O) groups is 1. The molecule has 2 aromatic carbocycles. The van der Waals surface area contributed by atoms with Crippen molar-refractivity contribution in [2.24, 2.45) is 10.7 Å². The Morgan fingerprint density at radius 3 is 2.50 bits per heavy atom. The monoisotopic (exact) mass is 433 g/mol. The molecule has 3 rings (SSSR count). The molecule has 0 aromatic heterocycles. The SMILES string of the molecule is CN=C(N)N1CC(C)c2c1ccc1c(Br)cccc21.O=C(O)C(F)(F)F.[HH]. The van der Waals surface area contributed by atoms with E-state index < -0.39 is 12.1 Å². The average molecular weight is 434 g/mol. The molecular weight excluding hydrogens is 415 g/mol. The highest BCUT2D eigenvalue weighted by Gasteiger charge is 2.38. The van der Waals surface area contributed by atoms with Gasteiger partial charge >= 0.3 is 12.1 Å². The molecule has 142 valence electrons. The summed E-state index contributed by atoms with van der Waals surface area (Å²) in [5.41, 5.74) is 8.54. The van der Waals surface area contributed by atoms with Crippen molar-refractivity contribution in [2.45, 2.75) is 19.0 Å². The summed E-state index contributed by atoms with van der Waals surface area (Å²) < 4.78 is 32.9. The predicted molar refractivity (Wildman–Crippen MR) is 101 cm³/mol. The van der Waals surface area contributed by atoms with Crippen LogP contribution in [0.2, 0.25) is 0 Å². The fraction of sp³-hybridized carbons (Fsp3) is 0.294. The fourth-order valence-corrected chi connectivity index (χ4v) is 3.38. The van der Waals surface area contributed by atoms with Gasteiger partial charge in [0.1, 0.15) is 0 Å². The van der Waals surface area contributed by atoms with Crippen molar-refractivity contribution >= 4 is 44.3 Å². The van der Waals surface area contributed by atoms with Crippen LogP contribution in [0.25, 0.3) is 10.8 Å². The van der Waals surface area contributed by atoms with Crippen molar-refractivity contribution in [3.63, 3.8) is 0 Å². The smallest absolute Gasteiger partial charge is 0.475 e. The lowest BCUT2D eigenvalue weighted by molar-refractivity contribution is -0.192. The second kappa shape index (κ2) is 7.53. The lowest BCUT2D eigenvalue weighted by Crippen LogP contribution is -2.36. The number of carboxylic acid groups (broad SMARTS) is 1. The standard InChI is InChI=1S/C15H16BrN3.C2HF3O2.H2/c1-9-8-19(15(17)18-2)13-7-6-10-11(14(9)13)4-3-5-12(10)16;3-2(4,5)1(6)7;/h3-7,9H,8H2,1-2H3,(H2,17,18);(H,6,7);1H. The first-order valence-corrected chi connectivity index (χ1v) is 8.38. The second-order valence-corrected chi connectivity index (χ2v) is 6.58. The van der Waals surface area contributed by atoms with Crippen molar-refractivity contribution in [1.29, 1.82) is 0 Å². The number of fused-ring (bicyclic) bond motifs is 3. The molecule has 0 saturated heterocycles. The molecule has 5 nitrogen and oxygen atoms in total. The molecule has 1 aliphatic rings. The molecule has 0 aliphatic carbocycles. The predicted octanol–water partition coefficient (Wildman–Crippen LogP) is 4.35. The van der Waals surface area contributed by atoms with E-state index in [0.717, 1.165) is 11.0 Å². The molecule has 26 heavy (non-hydrogen) atoms. The summed E-state index contributed by atoms with van der Waals surface area (Å²) in [6.07, 6.45) is -5.08. The maximum absolute atomic E-state index is 10.6. The van der Waals surface area contributed by atoms with Gasteiger partial charge in [0.2, 0.25) is 0 Å². The van der Waals surface area contributed by atoms with Gasteiger partial charge in [0.05, 0.1) is 0 Å². The number of nitrogens with zero attached hydrogens (tertiary/aromatic N) is 2. The van der Waals surface area contributed by atoms with Gasteiger partial charge in [-0.25, -0.2) is 4.79 Å². The molecule has 0 radical (unpaired) electrons. The van der Waals surface area contributed by atoms with Crippen LogP contribution >= 0.6 is 15.9 Å². The van der Waals surface area contributed by atoms with Crippen LogP contribution < -0.4 is 10.6 Å². The molecular formula is C17H19BrF3N3O2. The molecule has 1 aliphatic heterocycles. The lowest BCUT2D eigenvalue weighted by Gasteiger charge is -2.18. The zero-order valence-corrected chi connectivity index (χ0v) is 15.6. The highest BCUT2D eigenvalue weighted by Crippen LogP contribution is 2.42. The third-order valence-electron chi connectivity index (χ3n) is 4.02. The van der Waals surface area contributed by atoms with Crippen molar-refractivity contribution < 1.29 is 24.5 Å². The van der Waals surface area contributed by atoms with Crippen molar-refractivity contribution in [3.05, 3.63) is 40.4 Å². The van der Waals surface area contributed by atoms with E-state index in [9.17, 15) is 13.2 Å². The van der Waals surface area contributed by atoms with E-state index in [1.165, 1.54) is 22.0 Å². The van der Waals surface area contributed by atoms with E-state index in [4.69, 9.17) is 15.6 Å². The average Bonchev–Trinajstić information content (AvgIpc) is 2.91. The number of rotatable bonds is 0. The summed E-state index contributed by atoms with van der Waals surface area (Å²) in [7, 11) is 1.73. The third-order valence-corrected chi connectivity index (χ3v) is 4.71. The number of hydrogen-bond donors (Lipinski definition) is 2. The lowest BCUT2D eigenvalue weighted by atomic mass is 9.96. The van der Waals surface area contributed by atoms with E-state index in [1.54, 1.807) is 7.05 Å². The second-order valence-electron chi connectivity index (χ2n) is 5.73. The molecule has 0 amide bonds. The first kappa shape index (κ1) is 20.0. The van der Waals surface area contributed by atoms with E-state index >= 15 is 0 Å². The maximum atomic E-state index is 10.6. The zero-order valence-electron chi connectivity index (χ0n) is 14.0. The Balaban J connectivity index is 0.000000395. The van der Waals surface area contributed by atoms with Crippen molar-refractivity contribution in [1.82, 2.24) is 0 Å². The molecule has 0 saturated carbocycles. The molecule has 3 N–H and O–H groups in total. The van der Waals surface area contributed by atoms with Crippen LogP contribution in [-0.4, -0.2) is 36.8 Å². The molecule has 0 spiro atoms. The number of benzene rings is 2. The third kappa shape index (κ3) is 3.92. The van der Waals surface area contributed by atoms with Crippen LogP contribution in [0.4, 0.5) is 18.9 Å². The number of alkyl halides is 3. The Morgan fingerprint density at radius 1 is 1.35 bits per heavy atom. The van der Waals surface area contributed by atoms with Gasteiger partial charge in [-0.1, -0.05) is 41.1 Å². The van der Waals surface area contributed by atoms with Crippen molar-refractivity contribution in [2.75, 3.05) is 18.5 Å². The zero-order chi connectivity index (χ0) is 19.6. The minimum Gasteiger partial charge on any atom is -0.475 e. The van der Waals surface area contributed by atoms with Gasteiger partial charge in [-0.15, -0.1) is 0 Å². The van der Waals surface area contributed by atoms with E-state index in [-0.39, 0.29) is 1.43 Å². The Kier molecular flexibility index (Phi) is 5.80. The van der Waals surface area contributed by atoms with Gasteiger partial charge in [0.25, 0.3) is 0 Å². The Labute approximate surface area is 157 Å². The Morgan fingerprint density at radius 2 is 1.96 bits per heavy atom. The first-order chi connectivity index (χ1) is 12.1. The summed E-state index contributed by atoms with van der Waals surface area (Å²) in [4.78, 5) is 15.1. The number of hydrogen-bond acceptors (Lipinski definition) is 2. The molecule has 0 bridgehead atoms. The van der Waals surface area contributed by atoms with Crippen LogP contribution in [0.1, 0.15) is 19.8 Å². The number of aliphatic carboxylic acids is 1. The topological polar surface area (TPSA) is 78.9 Å². The number of aliphatic imine (C=N–C) groups is 1. The highest BCUT2D eigenvalue weighted by molar-refractivity contribution is 9.10. The minimum absolute atomic E-state index is 0. The normalized spacial score (nSPS) is 16.9. The Hall–Kier alpha value is -2.29. The highest BCUT2D eigenvalue weighted by atomic mass is 79.9. The number of nitrogens with two attached hydrogens (primary N) is 1. The van der Waals surface area contributed by atoms with Gasteiger partial charge in [-0.3, -0.25) is 4.99 Å². The summed E-state index contributed by atoms with van der Waals surface area (Å²) in [5.74, 6) is -1.72. The van der Waals surface area contributed by atoms with Crippen LogP contribution in [-0.2, 0) is 4.79 Å². The van der Waals surface area contributed by atoms with E-state index in [0.29, 0.717) is 11.9 Å². The molecule has 1 heterocycles. The quantitative estimate of drug-likeness (QED) is 0.478. The van der Waals surface area contributed by atoms with Crippen molar-refractivity contribution in [3.8, 4) is 0 Å². The number of guanidine groups is 1. The van der Waals surface area contributed by atoms with Gasteiger partial charge < -0.3 is 15.7 Å². The van der Waals surface area contributed by atoms with Gasteiger partial charge in [0, 0.05) is 31.1 Å². The summed E-state index contributed by atoms with van der Waals surface area (Å²) in [5, 5.41) is 9.67. The Bertz CT molecular complexity index is 874. The van der Waals surface area contributed by atoms with Gasteiger partial charge in [-0.2, -0.15) is 13.2 Å². The number of anilines is 1. The maximum Gasteiger partial charge on any atom is 0.490 e. The van der Waals surface area contributed by atoms with E-state index in [2.05, 4.69) is 63.1 Å². The molecule has 1 unspecified atom stereocenters. The first-order valence-electron chi connectivity index (χ1n) is 7.59. The van der Waals surface area contributed by atoms with Crippen LogP contribution in [0.3, 0.4) is 0 Å². The van der Waals surface area contributed by atoms with Gasteiger partial charge in [-0.05, 0) is 28.5 Å². The van der Waals surface area contributed by atoms with Gasteiger partial charge in [0.15, 0.2) is 5.96 Å².